The van der Waals surface area contributed by atoms with Crippen LogP contribution in [0.1, 0.15) is 32.2 Å². The monoisotopic (exact) mass is 481 g/mol. The Labute approximate surface area is 207 Å². The van der Waals surface area contributed by atoms with E-state index in [0.29, 0.717) is 23.6 Å². The largest absolute Gasteiger partial charge is 0.485 e. The lowest BCUT2D eigenvalue weighted by atomic mass is 10.1. The van der Waals surface area contributed by atoms with E-state index < -0.39 is 11.9 Å². The second kappa shape index (κ2) is 10.2. The van der Waals surface area contributed by atoms with Crippen molar-refractivity contribution < 1.29 is 23.5 Å². The number of benzene rings is 3. The molecule has 8 nitrogen and oxygen atoms in total. The lowest BCUT2D eigenvalue weighted by Gasteiger charge is -2.08. The van der Waals surface area contributed by atoms with E-state index >= 15 is 0 Å². The Hall–Kier alpha value is -4.85. The fourth-order valence-electron chi connectivity index (χ4n) is 3.90. The standard InChI is InChI=1S/C28H23N3O5/c1-34-28(33)24-11-5-3-8-20(24)16-31-17-21(15-29-31)30-27(32)26-14-13-22(36-26)18-35-25-12-6-9-19-7-2-4-10-23(19)25/h2-15,17H,16,18H2,1H3,(H,30,32). The van der Waals surface area contributed by atoms with Crippen LogP contribution in [0.15, 0.2) is 95.7 Å². The number of esters is 1. The minimum atomic E-state index is -0.413. The van der Waals surface area contributed by atoms with Gasteiger partial charge in [0.25, 0.3) is 5.91 Å². The van der Waals surface area contributed by atoms with E-state index in [1.165, 1.54) is 13.3 Å². The molecule has 2 heterocycles. The Kier molecular flexibility index (Phi) is 6.48. The third kappa shape index (κ3) is 4.97. The zero-order valence-electron chi connectivity index (χ0n) is 19.5. The van der Waals surface area contributed by atoms with Gasteiger partial charge in [-0.3, -0.25) is 9.48 Å². The quantitative estimate of drug-likeness (QED) is 0.302. The van der Waals surface area contributed by atoms with Crippen molar-refractivity contribution in [3.05, 3.63) is 114 Å². The number of hydrogen-bond donors (Lipinski definition) is 1. The van der Waals surface area contributed by atoms with Crippen LogP contribution in [0.3, 0.4) is 0 Å². The van der Waals surface area contributed by atoms with Gasteiger partial charge >= 0.3 is 5.97 Å². The van der Waals surface area contributed by atoms with E-state index in [9.17, 15) is 9.59 Å². The molecule has 3 aromatic carbocycles. The minimum Gasteiger partial charge on any atom is -0.485 e. The fourth-order valence-corrected chi connectivity index (χ4v) is 3.90. The number of carbonyl (C=O) groups excluding carboxylic acids is 2. The molecule has 0 aliphatic rings. The summed E-state index contributed by atoms with van der Waals surface area (Å²) in [6, 6.07) is 24.3. The number of aromatic nitrogens is 2. The Morgan fingerprint density at radius 1 is 0.972 bits per heavy atom. The SMILES string of the molecule is COC(=O)c1ccccc1Cn1cc(NC(=O)c2ccc(COc3cccc4ccccc34)o2)cn1. The van der Waals surface area contributed by atoms with Crippen molar-refractivity contribution >= 4 is 28.3 Å². The number of carbonyl (C=O) groups is 2. The smallest absolute Gasteiger partial charge is 0.338 e. The van der Waals surface area contributed by atoms with E-state index in [2.05, 4.69) is 10.4 Å². The Bertz CT molecular complexity index is 1530. The summed E-state index contributed by atoms with van der Waals surface area (Å²) in [5, 5.41) is 9.15. The van der Waals surface area contributed by atoms with Crippen molar-refractivity contribution in [3.63, 3.8) is 0 Å². The van der Waals surface area contributed by atoms with Crippen LogP contribution in [0.5, 0.6) is 5.75 Å². The maximum Gasteiger partial charge on any atom is 0.338 e. The highest BCUT2D eigenvalue weighted by atomic mass is 16.5. The lowest BCUT2D eigenvalue weighted by Crippen LogP contribution is -2.11. The molecule has 0 fully saturated rings. The number of amides is 1. The number of ether oxygens (including phenoxy) is 2. The molecule has 0 saturated carbocycles. The van der Waals surface area contributed by atoms with Crippen LogP contribution in [0.25, 0.3) is 10.8 Å². The molecule has 5 aromatic rings. The number of furan rings is 1. The topological polar surface area (TPSA) is 95.6 Å². The van der Waals surface area contributed by atoms with Gasteiger partial charge in [0.2, 0.25) is 0 Å². The van der Waals surface area contributed by atoms with E-state index in [1.54, 1.807) is 35.1 Å². The highest BCUT2D eigenvalue weighted by Gasteiger charge is 2.15. The number of fused-ring (bicyclic) bond motifs is 1. The van der Waals surface area contributed by atoms with Crippen molar-refractivity contribution in [2.45, 2.75) is 13.2 Å². The molecule has 8 heteroatoms. The highest BCUT2D eigenvalue weighted by Crippen LogP contribution is 2.26. The first-order valence-electron chi connectivity index (χ1n) is 11.3. The average molecular weight is 482 g/mol. The number of rotatable bonds is 8. The zero-order valence-corrected chi connectivity index (χ0v) is 19.5. The summed E-state index contributed by atoms with van der Waals surface area (Å²) in [7, 11) is 1.34. The summed E-state index contributed by atoms with van der Waals surface area (Å²) in [6.45, 7) is 0.538. The molecule has 0 spiro atoms. The molecule has 0 radical (unpaired) electrons. The molecule has 2 aromatic heterocycles. The Morgan fingerprint density at radius 3 is 2.67 bits per heavy atom. The summed E-state index contributed by atoms with van der Waals surface area (Å²) in [5.74, 6) is 0.625. The van der Waals surface area contributed by atoms with Gasteiger partial charge in [-0.25, -0.2) is 4.79 Å². The molecule has 5 rings (SSSR count). The second-order valence-electron chi connectivity index (χ2n) is 8.06. The average Bonchev–Trinajstić information content (AvgIpc) is 3.57. The van der Waals surface area contributed by atoms with Crippen LogP contribution in [0, 0.1) is 0 Å². The van der Waals surface area contributed by atoms with E-state index in [0.717, 1.165) is 22.1 Å². The van der Waals surface area contributed by atoms with Gasteiger partial charge in [0.1, 0.15) is 18.1 Å². The molecule has 180 valence electrons. The number of nitrogens with one attached hydrogen (secondary N) is 1. The maximum absolute atomic E-state index is 12.7. The van der Waals surface area contributed by atoms with Gasteiger partial charge in [-0.05, 0) is 35.2 Å². The molecule has 0 atom stereocenters. The summed E-state index contributed by atoms with van der Waals surface area (Å²) < 4.78 is 18.1. The predicted molar refractivity (Wildman–Crippen MR) is 134 cm³/mol. The Morgan fingerprint density at radius 2 is 1.78 bits per heavy atom. The van der Waals surface area contributed by atoms with Crippen molar-refractivity contribution in [3.8, 4) is 5.75 Å². The molecule has 0 aliphatic heterocycles. The van der Waals surface area contributed by atoms with Crippen LogP contribution in [0.2, 0.25) is 0 Å². The van der Waals surface area contributed by atoms with Gasteiger partial charge in [-0.2, -0.15) is 5.10 Å². The summed E-state index contributed by atoms with van der Waals surface area (Å²) in [4.78, 5) is 24.7. The van der Waals surface area contributed by atoms with Crippen LogP contribution in [-0.2, 0) is 17.9 Å². The molecular formula is C28H23N3O5. The minimum absolute atomic E-state index is 0.162. The van der Waals surface area contributed by atoms with Crippen molar-refractivity contribution in [1.29, 1.82) is 0 Å². The van der Waals surface area contributed by atoms with Crippen LogP contribution < -0.4 is 10.1 Å². The number of anilines is 1. The van der Waals surface area contributed by atoms with Crippen LogP contribution in [0.4, 0.5) is 5.69 Å². The molecule has 0 saturated heterocycles. The molecule has 36 heavy (non-hydrogen) atoms. The predicted octanol–water partition coefficient (Wildman–Crippen LogP) is 5.30. The molecule has 0 bridgehead atoms. The molecule has 0 aliphatic carbocycles. The first kappa shape index (κ1) is 22.9. The third-order valence-corrected chi connectivity index (χ3v) is 5.65. The first-order valence-corrected chi connectivity index (χ1v) is 11.3. The molecule has 0 unspecified atom stereocenters. The highest BCUT2D eigenvalue weighted by molar-refractivity contribution is 6.02. The normalized spacial score (nSPS) is 10.8. The number of hydrogen-bond acceptors (Lipinski definition) is 6. The zero-order chi connectivity index (χ0) is 24.9. The van der Waals surface area contributed by atoms with Crippen LogP contribution in [-0.4, -0.2) is 28.8 Å². The second-order valence-corrected chi connectivity index (χ2v) is 8.06. The number of nitrogens with zero attached hydrogens (tertiary/aromatic N) is 2. The fraction of sp³-hybridized carbons (Fsp3) is 0.107. The molecular weight excluding hydrogens is 458 g/mol. The van der Waals surface area contributed by atoms with E-state index in [-0.39, 0.29) is 12.4 Å². The number of methoxy groups -OCH3 is 1. The Balaban J connectivity index is 1.21. The van der Waals surface area contributed by atoms with Gasteiger partial charge in [-0.1, -0.05) is 54.6 Å². The van der Waals surface area contributed by atoms with Crippen molar-refractivity contribution in [2.24, 2.45) is 0 Å². The summed E-state index contributed by atoms with van der Waals surface area (Å²) >= 11 is 0. The summed E-state index contributed by atoms with van der Waals surface area (Å²) in [6.07, 6.45) is 3.21. The van der Waals surface area contributed by atoms with E-state index in [1.807, 2.05) is 54.6 Å². The lowest BCUT2D eigenvalue weighted by molar-refractivity contribution is 0.0599. The van der Waals surface area contributed by atoms with Crippen molar-refractivity contribution in [1.82, 2.24) is 9.78 Å². The first-order chi connectivity index (χ1) is 17.6. The van der Waals surface area contributed by atoms with E-state index in [4.69, 9.17) is 13.9 Å². The summed E-state index contributed by atoms with van der Waals surface area (Å²) in [5.41, 5.74) is 1.72. The van der Waals surface area contributed by atoms with Gasteiger partial charge in [0, 0.05) is 11.6 Å². The van der Waals surface area contributed by atoms with Gasteiger partial charge in [0.15, 0.2) is 5.76 Å². The van der Waals surface area contributed by atoms with Gasteiger partial charge < -0.3 is 19.2 Å². The molecule has 1 amide bonds. The van der Waals surface area contributed by atoms with Crippen molar-refractivity contribution in [2.75, 3.05) is 12.4 Å². The maximum atomic E-state index is 12.7. The van der Waals surface area contributed by atoms with Gasteiger partial charge in [-0.15, -0.1) is 0 Å². The van der Waals surface area contributed by atoms with Gasteiger partial charge in [0.05, 0.1) is 31.1 Å². The molecule has 1 N–H and O–H groups in total. The third-order valence-electron chi connectivity index (χ3n) is 5.65. The van der Waals surface area contributed by atoms with Crippen LogP contribution >= 0.6 is 0 Å².